The Morgan fingerprint density at radius 1 is 1.07 bits per heavy atom. The van der Waals surface area contributed by atoms with Crippen LogP contribution in [-0.2, 0) is 11.2 Å². The van der Waals surface area contributed by atoms with Crippen molar-refractivity contribution in [3.63, 3.8) is 0 Å². The van der Waals surface area contributed by atoms with Gasteiger partial charge in [-0.2, -0.15) is 4.98 Å². The molecule has 3 aromatic heterocycles. The SMILES string of the molecule is O=C(CCc1nc(-c2cccnc2)no1)Nc1nc(-c2ccccc2)cs1. The molecule has 134 valence electrons. The standard InChI is InChI=1S/C19H15N5O2S/c25-16(22-19-21-15(12-27-19)13-5-2-1-3-6-13)8-9-17-23-18(24-26-17)14-7-4-10-20-11-14/h1-7,10-12H,8-9H2,(H,21,22,25). The number of carbonyl (C=O) groups excluding carboxylic acids is 1. The first-order chi connectivity index (χ1) is 13.3. The van der Waals surface area contributed by atoms with Crippen molar-refractivity contribution in [1.82, 2.24) is 20.1 Å². The van der Waals surface area contributed by atoms with Crippen LogP contribution in [0.25, 0.3) is 22.6 Å². The maximum Gasteiger partial charge on any atom is 0.227 e. The van der Waals surface area contributed by atoms with E-state index in [1.807, 2.05) is 41.8 Å². The van der Waals surface area contributed by atoms with Crippen molar-refractivity contribution in [3.8, 4) is 22.6 Å². The van der Waals surface area contributed by atoms with E-state index in [9.17, 15) is 4.79 Å². The third-order valence-corrected chi connectivity index (χ3v) is 4.53. The van der Waals surface area contributed by atoms with Crippen LogP contribution in [0.4, 0.5) is 5.13 Å². The molecule has 0 spiro atoms. The number of rotatable bonds is 6. The molecule has 0 aliphatic rings. The van der Waals surface area contributed by atoms with Gasteiger partial charge in [-0.05, 0) is 12.1 Å². The second-order valence-electron chi connectivity index (χ2n) is 5.71. The largest absolute Gasteiger partial charge is 0.339 e. The van der Waals surface area contributed by atoms with E-state index in [4.69, 9.17) is 4.52 Å². The van der Waals surface area contributed by atoms with Gasteiger partial charge in [0.25, 0.3) is 0 Å². The molecule has 1 amide bonds. The molecule has 0 atom stereocenters. The van der Waals surface area contributed by atoms with Gasteiger partial charge in [0.15, 0.2) is 5.13 Å². The number of pyridine rings is 1. The number of nitrogens with one attached hydrogen (secondary N) is 1. The normalized spacial score (nSPS) is 10.7. The van der Waals surface area contributed by atoms with Crippen LogP contribution < -0.4 is 5.32 Å². The maximum atomic E-state index is 12.2. The molecular weight excluding hydrogens is 362 g/mol. The molecule has 0 radical (unpaired) electrons. The Labute approximate surface area is 159 Å². The van der Waals surface area contributed by atoms with Crippen molar-refractivity contribution < 1.29 is 9.32 Å². The zero-order valence-corrected chi connectivity index (χ0v) is 15.0. The second kappa shape index (κ2) is 7.88. The highest BCUT2D eigenvalue weighted by Crippen LogP contribution is 2.24. The molecule has 1 aromatic carbocycles. The molecule has 0 bridgehead atoms. The number of hydrogen-bond acceptors (Lipinski definition) is 7. The number of aryl methyl sites for hydroxylation is 1. The summed E-state index contributed by atoms with van der Waals surface area (Å²) in [7, 11) is 0. The lowest BCUT2D eigenvalue weighted by Crippen LogP contribution is -2.12. The van der Waals surface area contributed by atoms with E-state index in [-0.39, 0.29) is 12.3 Å². The molecule has 0 saturated heterocycles. The fourth-order valence-electron chi connectivity index (χ4n) is 2.44. The second-order valence-corrected chi connectivity index (χ2v) is 6.56. The quantitative estimate of drug-likeness (QED) is 0.549. The predicted molar refractivity (Wildman–Crippen MR) is 102 cm³/mol. The van der Waals surface area contributed by atoms with Crippen LogP contribution in [-0.4, -0.2) is 26.0 Å². The highest BCUT2D eigenvalue weighted by molar-refractivity contribution is 7.14. The topological polar surface area (TPSA) is 93.8 Å². The van der Waals surface area contributed by atoms with Gasteiger partial charge in [0.1, 0.15) is 0 Å². The fraction of sp³-hybridized carbons (Fsp3) is 0.105. The number of hydrogen-bond donors (Lipinski definition) is 1. The summed E-state index contributed by atoms with van der Waals surface area (Å²) in [4.78, 5) is 24.9. The highest BCUT2D eigenvalue weighted by Gasteiger charge is 2.12. The van der Waals surface area contributed by atoms with Crippen LogP contribution in [0.1, 0.15) is 12.3 Å². The summed E-state index contributed by atoms with van der Waals surface area (Å²) in [6.45, 7) is 0. The smallest absolute Gasteiger partial charge is 0.227 e. The minimum Gasteiger partial charge on any atom is -0.339 e. The van der Waals surface area contributed by atoms with Gasteiger partial charge in [-0.25, -0.2) is 4.98 Å². The molecule has 0 fully saturated rings. The number of benzene rings is 1. The Kier molecular flexibility index (Phi) is 4.97. The zero-order valence-electron chi connectivity index (χ0n) is 14.2. The maximum absolute atomic E-state index is 12.2. The van der Waals surface area contributed by atoms with Gasteiger partial charge >= 0.3 is 0 Å². The molecule has 1 N–H and O–H groups in total. The first-order valence-corrected chi connectivity index (χ1v) is 9.20. The molecular formula is C19H15N5O2S. The van der Waals surface area contributed by atoms with Gasteiger partial charge in [0, 0.05) is 41.7 Å². The first kappa shape index (κ1) is 17.0. The van der Waals surface area contributed by atoms with E-state index in [1.54, 1.807) is 18.5 Å². The van der Waals surface area contributed by atoms with E-state index in [2.05, 4.69) is 25.4 Å². The van der Waals surface area contributed by atoms with Crippen LogP contribution in [0, 0.1) is 0 Å². The van der Waals surface area contributed by atoms with E-state index in [1.165, 1.54) is 11.3 Å². The molecule has 0 saturated carbocycles. The summed E-state index contributed by atoms with van der Waals surface area (Å²) in [5, 5.41) is 9.22. The minimum atomic E-state index is -0.148. The molecule has 0 aliphatic heterocycles. The predicted octanol–water partition coefficient (Wildman–Crippen LogP) is 3.83. The molecule has 8 heteroatoms. The average Bonchev–Trinajstić information content (AvgIpc) is 3.37. The Bertz CT molecular complexity index is 1030. The summed E-state index contributed by atoms with van der Waals surface area (Å²) in [5.41, 5.74) is 2.63. The monoisotopic (exact) mass is 377 g/mol. The number of thiazole rings is 1. The van der Waals surface area contributed by atoms with E-state index < -0.39 is 0 Å². The molecule has 4 rings (SSSR count). The third kappa shape index (κ3) is 4.24. The van der Waals surface area contributed by atoms with Crippen molar-refractivity contribution in [1.29, 1.82) is 0 Å². The van der Waals surface area contributed by atoms with Gasteiger partial charge < -0.3 is 9.84 Å². The molecule has 0 aliphatic carbocycles. The van der Waals surface area contributed by atoms with E-state index in [0.29, 0.717) is 23.3 Å². The van der Waals surface area contributed by atoms with Crippen LogP contribution in [0.15, 0.2) is 64.8 Å². The van der Waals surface area contributed by atoms with E-state index in [0.717, 1.165) is 16.8 Å². The van der Waals surface area contributed by atoms with Crippen molar-refractivity contribution in [3.05, 3.63) is 66.1 Å². The van der Waals surface area contributed by atoms with Crippen molar-refractivity contribution in [2.24, 2.45) is 0 Å². The first-order valence-electron chi connectivity index (χ1n) is 8.32. The van der Waals surface area contributed by atoms with Crippen LogP contribution in [0.5, 0.6) is 0 Å². The number of nitrogens with zero attached hydrogens (tertiary/aromatic N) is 4. The summed E-state index contributed by atoms with van der Waals surface area (Å²) in [5.74, 6) is 0.726. The number of carbonyl (C=O) groups is 1. The Morgan fingerprint density at radius 2 is 1.93 bits per heavy atom. The lowest BCUT2D eigenvalue weighted by atomic mass is 10.2. The Hall–Kier alpha value is -3.39. The minimum absolute atomic E-state index is 0.148. The highest BCUT2D eigenvalue weighted by atomic mass is 32.1. The summed E-state index contributed by atoms with van der Waals surface area (Å²) < 4.78 is 5.20. The van der Waals surface area contributed by atoms with Crippen molar-refractivity contribution in [2.45, 2.75) is 12.8 Å². The van der Waals surface area contributed by atoms with Crippen LogP contribution in [0.2, 0.25) is 0 Å². The summed E-state index contributed by atoms with van der Waals surface area (Å²) in [6.07, 6.45) is 3.93. The number of aromatic nitrogens is 4. The van der Waals surface area contributed by atoms with Gasteiger partial charge in [0.2, 0.25) is 17.6 Å². The lowest BCUT2D eigenvalue weighted by molar-refractivity contribution is -0.116. The molecule has 7 nitrogen and oxygen atoms in total. The number of amides is 1. The molecule has 27 heavy (non-hydrogen) atoms. The molecule has 0 unspecified atom stereocenters. The Balaban J connectivity index is 1.33. The van der Waals surface area contributed by atoms with Gasteiger partial charge in [-0.3, -0.25) is 9.78 Å². The van der Waals surface area contributed by atoms with Crippen molar-refractivity contribution >= 4 is 22.4 Å². The average molecular weight is 377 g/mol. The van der Waals surface area contributed by atoms with Gasteiger partial charge in [-0.15, -0.1) is 11.3 Å². The molecule has 3 heterocycles. The van der Waals surface area contributed by atoms with Crippen molar-refractivity contribution in [2.75, 3.05) is 5.32 Å². The molecule has 4 aromatic rings. The summed E-state index contributed by atoms with van der Waals surface area (Å²) in [6, 6.07) is 13.5. The summed E-state index contributed by atoms with van der Waals surface area (Å²) >= 11 is 1.39. The van der Waals surface area contributed by atoms with E-state index >= 15 is 0 Å². The third-order valence-electron chi connectivity index (χ3n) is 3.77. The van der Waals surface area contributed by atoms with Gasteiger partial charge in [0.05, 0.1) is 5.69 Å². The fourth-order valence-corrected chi connectivity index (χ4v) is 3.18. The zero-order chi connectivity index (χ0) is 18.5. The van der Waals surface area contributed by atoms with Gasteiger partial charge in [-0.1, -0.05) is 35.5 Å². The lowest BCUT2D eigenvalue weighted by Gasteiger charge is -1.99. The number of anilines is 1. The Morgan fingerprint density at radius 3 is 2.74 bits per heavy atom. The van der Waals surface area contributed by atoms with Crippen LogP contribution in [0.3, 0.4) is 0 Å². The van der Waals surface area contributed by atoms with Crippen LogP contribution >= 0.6 is 11.3 Å².